The van der Waals surface area contributed by atoms with Crippen molar-refractivity contribution in [3.63, 3.8) is 0 Å². The second kappa shape index (κ2) is 6.00. The number of fused-ring (bicyclic) bond motifs is 2. The molecule has 0 unspecified atom stereocenters. The second-order valence-corrected chi connectivity index (χ2v) is 5.69. The largest absolute Gasteiger partial charge is 0.476 e. The normalized spacial score (nSPS) is 15.0. The van der Waals surface area contributed by atoms with E-state index in [1.165, 1.54) is 16.8 Å². The molecule has 0 saturated carbocycles. The average molecular weight is 342 g/mol. The Balaban J connectivity index is 1.80. The fraction of sp³-hybridized carbons (Fsp3) is 0.250. The van der Waals surface area contributed by atoms with Crippen molar-refractivity contribution in [1.82, 2.24) is 24.9 Å². The fourth-order valence-corrected chi connectivity index (χ4v) is 2.69. The number of carbonyl (C=O) groups excluding carboxylic acids is 1. The number of ether oxygens (including phenoxy) is 1. The first-order chi connectivity index (χ1) is 12.1. The smallest absolute Gasteiger partial charge is 0.256 e. The Morgan fingerprint density at radius 2 is 2.24 bits per heavy atom. The van der Waals surface area contributed by atoms with Crippen LogP contribution in [0.15, 0.2) is 30.7 Å². The van der Waals surface area contributed by atoms with Crippen LogP contribution in [0.4, 0.5) is 10.2 Å². The minimum atomic E-state index is -0.435. The Labute approximate surface area is 142 Å². The number of aromatic nitrogens is 4. The number of anilines is 1. The minimum Gasteiger partial charge on any atom is -0.476 e. The third-order valence-electron chi connectivity index (χ3n) is 3.92. The van der Waals surface area contributed by atoms with Gasteiger partial charge in [-0.2, -0.15) is 5.10 Å². The van der Waals surface area contributed by atoms with Gasteiger partial charge in [0.2, 0.25) is 5.88 Å². The molecule has 1 amide bonds. The van der Waals surface area contributed by atoms with Crippen molar-refractivity contribution >= 4 is 17.4 Å². The van der Waals surface area contributed by atoms with Crippen LogP contribution in [0.5, 0.6) is 5.88 Å². The maximum Gasteiger partial charge on any atom is 0.256 e. The number of hydrogen-bond acceptors (Lipinski definition) is 6. The zero-order chi connectivity index (χ0) is 17.4. The van der Waals surface area contributed by atoms with Gasteiger partial charge in [0.15, 0.2) is 5.65 Å². The molecule has 25 heavy (non-hydrogen) atoms. The number of halogens is 1. The zero-order valence-electron chi connectivity index (χ0n) is 13.4. The summed E-state index contributed by atoms with van der Waals surface area (Å²) in [5, 5.41) is 6.90. The summed E-state index contributed by atoms with van der Waals surface area (Å²) >= 11 is 0. The monoisotopic (exact) mass is 342 g/mol. The Kier molecular flexibility index (Phi) is 3.68. The van der Waals surface area contributed by atoms with E-state index in [0.717, 1.165) is 6.20 Å². The molecule has 3 aromatic heterocycles. The molecule has 3 aromatic rings. The molecule has 128 valence electrons. The van der Waals surface area contributed by atoms with E-state index in [1.807, 2.05) is 11.9 Å². The quantitative estimate of drug-likeness (QED) is 0.657. The van der Waals surface area contributed by atoms with Gasteiger partial charge in [0.25, 0.3) is 5.91 Å². The average Bonchev–Trinajstić information content (AvgIpc) is 3.02. The van der Waals surface area contributed by atoms with Crippen LogP contribution in [-0.4, -0.2) is 45.7 Å². The van der Waals surface area contributed by atoms with Crippen molar-refractivity contribution in [2.45, 2.75) is 6.54 Å². The van der Waals surface area contributed by atoms with Crippen LogP contribution in [0.3, 0.4) is 0 Å². The van der Waals surface area contributed by atoms with Gasteiger partial charge in [-0.05, 0) is 12.1 Å². The number of nitrogens with zero attached hydrogens (tertiary/aromatic N) is 5. The molecule has 0 atom stereocenters. The zero-order valence-corrected chi connectivity index (χ0v) is 13.4. The fourth-order valence-electron chi connectivity index (χ4n) is 2.69. The highest BCUT2D eigenvalue weighted by Gasteiger charge is 2.17. The molecule has 0 saturated heterocycles. The van der Waals surface area contributed by atoms with Gasteiger partial charge in [-0.3, -0.25) is 4.79 Å². The second-order valence-electron chi connectivity index (χ2n) is 5.69. The van der Waals surface area contributed by atoms with Crippen molar-refractivity contribution in [2.75, 3.05) is 25.1 Å². The van der Waals surface area contributed by atoms with Gasteiger partial charge < -0.3 is 15.0 Å². The van der Waals surface area contributed by atoms with Crippen LogP contribution >= 0.6 is 0 Å². The molecule has 9 heteroatoms. The third kappa shape index (κ3) is 2.84. The number of nitrogens with one attached hydrogen (secondary N) is 1. The molecule has 0 radical (unpaired) electrons. The van der Waals surface area contributed by atoms with Gasteiger partial charge in [-0.1, -0.05) is 0 Å². The van der Waals surface area contributed by atoms with Crippen LogP contribution in [0.1, 0.15) is 15.9 Å². The standard InChI is InChI=1S/C16H15FN6O2/c1-22-9-10-6-11(17)7-19-16(10)25-5-3-18-15(24)12-8-20-23-4-2-13(22)21-14(12)23/h2,4,6-8H,3,5,9H2,1H3,(H,18,24). The van der Waals surface area contributed by atoms with Crippen molar-refractivity contribution in [1.29, 1.82) is 0 Å². The van der Waals surface area contributed by atoms with Crippen molar-refractivity contribution in [3.8, 4) is 5.88 Å². The Morgan fingerprint density at radius 3 is 3.12 bits per heavy atom. The Morgan fingerprint density at radius 1 is 1.36 bits per heavy atom. The summed E-state index contributed by atoms with van der Waals surface area (Å²) in [5.41, 5.74) is 1.44. The molecule has 1 aliphatic heterocycles. The molecule has 0 aliphatic carbocycles. The highest BCUT2D eigenvalue weighted by atomic mass is 19.1. The first-order valence-electron chi connectivity index (χ1n) is 7.73. The molecule has 1 N–H and O–H groups in total. The van der Waals surface area contributed by atoms with Crippen molar-refractivity contribution < 1.29 is 13.9 Å². The molecule has 4 heterocycles. The van der Waals surface area contributed by atoms with Gasteiger partial charge >= 0.3 is 0 Å². The summed E-state index contributed by atoms with van der Waals surface area (Å²) in [4.78, 5) is 22.7. The Bertz CT molecular complexity index is 957. The van der Waals surface area contributed by atoms with E-state index >= 15 is 0 Å². The predicted molar refractivity (Wildman–Crippen MR) is 87.1 cm³/mol. The van der Waals surface area contributed by atoms with Gasteiger partial charge in [0, 0.05) is 25.4 Å². The number of pyridine rings is 1. The maximum absolute atomic E-state index is 13.6. The Hall–Kier alpha value is -3.23. The van der Waals surface area contributed by atoms with Gasteiger partial charge in [0.05, 0.1) is 18.9 Å². The molecule has 2 bridgehead atoms. The topological polar surface area (TPSA) is 84.6 Å². The molecule has 0 fully saturated rings. The van der Waals surface area contributed by atoms with Gasteiger partial charge in [0.1, 0.15) is 23.8 Å². The SMILES string of the molecule is CN1Cc2cc(F)cnc2OCCNC(=O)c2cnn3ccc1nc23. The summed E-state index contributed by atoms with van der Waals surface area (Å²) in [7, 11) is 1.82. The van der Waals surface area contributed by atoms with E-state index in [4.69, 9.17) is 4.74 Å². The summed E-state index contributed by atoms with van der Waals surface area (Å²) in [5.74, 6) is 0.245. The lowest BCUT2D eigenvalue weighted by Gasteiger charge is -2.19. The predicted octanol–water partition coefficient (Wildman–Crippen LogP) is 1.02. The van der Waals surface area contributed by atoms with Crippen LogP contribution in [0, 0.1) is 5.82 Å². The summed E-state index contributed by atoms with van der Waals surface area (Å²) < 4.78 is 20.7. The molecule has 0 spiro atoms. The number of rotatable bonds is 0. The van der Waals surface area contributed by atoms with E-state index < -0.39 is 5.82 Å². The lowest BCUT2D eigenvalue weighted by Crippen LogP contribution is -2.28. The van der Waals surface area contributed by atoms with E-state index in [1.54, 1.807) is 12.3 Å². The highest BCUT2D eigenvalue weighted by molar-refractivity contribution is 5.99. The van der Waals surface area contributed by atoms with Gasteiger partial charge in [-0.25, -0.2) is 18.9 Å². The third-order valence-corrected chi connectivity index (χ3v) is 3.92. The number of amides is 1. The molecular weight excluding hydrogens is 327 g/mol. The molecule has 1 aliphatic rings. The maximum atomic E-state index is 13.6. The molecule has 4 rings (SSSR count). The van der Waals surface area contributed by atoms with Crippen LogP contribution < -0.4 is 15.0 Å². The first-order valence-corrected chi connectivity index (χ1v) is 7.73. The van der Waals surface area contributed by atoms with Crippen molar-refractivity contribution in [3.05, 3.63) is 47.7 Å². The van der Waals surface area contributed by atoms with Gasteiger partial charge in [-0.15, -0.1) is 0 Å². The summed E-state index contributed by atoms with van der Waals surface area (Å²) in [6.07, 6.45) is 4.32. The minimum absolute atomic E-state index is 0.219. The molecule has 8 nitrogen and oxygen atoms in total. The first kappa shape index (κ1) is 15.3. The van der Waals surface area contributed by atoms with E-state index in [2.05, 4.69) is 20.4 Å². The lowest BCUT2D eigenvalue weighted by molar-refractivity contribution is 0.0948. The number of carbonyl (C=O) groups is 1. The van der Waals surface area contributed by atoms with E-state index in [0.29, 0.717) is 35.0 Å². The lowest BCUT2D eigenvalue weighted by atomic mass is 10.2. The molecule has 0 aromatic carbocycles. The highest BCUT2D eigenvalue weighted by Crippen LogP contribution is 2.22. The van der Waals surface area contributed by atoms with Crippen molar-refractivity contribution in [2.24, 2.45) is 0 Å². The van der Waals surface area contributed by atoms with Crippen LogP contribution in [-0.2, 0) is 6.54 Å². The van der Waals surface area contributed by atoms with E-state index in [9.17, 15) is 9.18 Å². The molecular formula is C16H15FN6O2. The van der Waals surface area contributed by atoms with E-state index in [-0.39, 0.29) is 19.1 Å². The summed E-state index contributed by atoms with van der Waals surface area (Å²) in [6, 6.07) is 3.16. The summed E-state index contributed by atoms with van der Waals surface area (Å²) in [6.45, 7) is 0.856. The van der Waals surface area contributed by atoms with Crippen LogP contribution in [0.2, 0.25) is 0 Å². The number of hydrogen-bond donors (Lipinski definition) is 1. The van der Waals surface area contributed by atoms with Crippen LogP contribution in [0.25, 0.3) is 5.65 Å².